The fraction of sp³-hybridized carbons (Fsp3) is 0.571. The van der Waals surface area contributed by atoms with Crippen molar-refractivity contribution in [2.75, 3.05) is 7.05 Å². The number of benzene rings is 1. The molecule has 0 spiro atoms. The van der Waals surface area contributed by atoms with Gasteiger partial charge in [-0.2, -0.15) is 0 Å². The van der Waals surface area contributed by atoms with Crippen molar-refractivity contribution in [2.24, 2.45) is 0 Å². The summed E-state index contributed by atoms with van der Waals surface area (Å²) >= 11 is 0. The Morgan fingerprint density at radius 3 is 2.06 bits per heavy atom. The van der Waals surface area contributed by atoms with E-state index in [-0.39, 0.29) is 6.10 Å². The lowest BCUT2D eigenvalue weighted by atomic mass is 10.0. The van der Waals surface area contributed by atoms with E-state index in [0.717, 1.165) is 0 Å². The van der Waals surface area contributed by atoms with Crippen LogP contribution < -0.4 is 5.32 Å². The predicted octanol–water partition coefficient (Wildman–Crippen LogP) is 3.50. The van der Waals surface area contributed by atoms with Gasteiger partial charge in [0, 0.05) is 6.04 Å². The average molecular weight is 251 g/mol. The molecular formula is C14H25NOSi. The summed E-state index contributed by atoms with van der Waals surface area (Å²) in [5, 5.41) is 3.30. The van der Waals surface area contributed by atoms with Crippen LogP contribution >= 0.6 is 0 Å². The fourth-order valence-corrected chi connectivity index (χ4v) is 2.85. The van der Waals surface area contributed by atoms with Gasteiger partial charge in [0.15, 0.2) is 8.32 Å². The smallest absolute Gasteiger partial charge is 0.184 e. The van der Waals surface area contributed by atoms with Gasteiger partial charge in [-0.05, 0) is 46.1 Å². The molecule has 1 aromatic rings. The molecule has 0 aliphatic heterocycles. The Hall–Kier alpha value is -0.643. The molecule has 0 radical (unpaired) electrons. The van der Waals surface area contributed by atoms with E-state index in [1.807, 2.05) is 7.05 Å². The van der Waals surface area contributed by atoms with Gasteiger partial charge in [0.05, 0.1) is 6.10 Å². The van der Waals surface area contributed by atoms with E-state index in [9.17, 15) is 0 Å². The minimum absolute atomic E-state index is 0.146. The zero-order valence-corrected chi connectivity index (χ0v) is 12.9. The predicted molar refractivity (Wildman–Crippen MR) is 76.9 cm³/mol. The minimum atomic E-state index is -1.54. The molecule has 0 aliphatic rings. The zero-order valence-electron chi connectivity index (χ0n) is 11.9. The molecule has 1 N–H and O–H groups in total. The van der Waals surface area contributed by atoms with Crippen molar-refractivity contribution in [3.05, 3.63) is 35.4 Å². The Balaban J connectivity index is 2.94. The van der Waals surface area contributed by atoms with Crippen molar-refractivity contribution in [1.82, 2.24) is 5.32 Å². The van der Waals surface area contributed by atoms with Gasteiger partial charge in [0.1, 0.15) is 0 Å². The minimum Gasteiger partial charge on any atom is -0.409 e. The highest BCUT2D eigenvalue weighted by atomic mass is 28.4. The summed E-state index contributed by atoms with van der Waals surface area (Å²) in [6, 6.07) is 8.97. The summed E-state index contributed by atoms with van der Waals surface area (Å²) in [6.07, 6.45) is 0.146. The summed E-state index contributed by atoms with van der Waals surface area (Å²) in [6.45, 7) is 11.0. The third-order valence-corrected chi connectivity index (χ3v) is 3.76. The van der Waals surface area contributed by atoms with E-state index in [1.165, 1.54) is 11.1 Å². The van der Waals surface area contributed by atoms with E-state index in [4.69, 9.17) is 4.43 Å². The maximum atomic E-state index is 6.29. The van der Waals surface area contributed by atoms with Crippen LogP contribution in [0.5, 0.6) is 0 Å². The Morgan fingerprint density at radius 2 is 1.65 bits per heavy atom. The van der Waals surface area contributed by atoms with Crippen LogP contribution in [0.15, 0.2) is 24.3 Å². The first kappa shape index (κ1) is 14.4. The zero-order chi connectivity index (χ0) is 13.1. The monoisotopic (exact) mass is 251 g/mol. The van der Waals surface area contributed by atoms with Gasteiger partial charge in [-0.15, -0.1) is 0 Å². The van der Waals surface area contributed by atoms with Gasteiger partial charge in [-0.1, -0.05) is 29.8 Å². The summed E-state index contributed by atoms with van der Waals surface area (Å²) in [4.78, 5) is 0. The van der Waals surface area contributed by atoms with Crippen LogP contribution in [0.1, 0.15) is 24.2 Å². The average Bonchev–Trinajstić information content (AvgIpc) is 2.25. The van der Waals surface area contributed by atoms with E-state index in [2.05, 4.69) is 63.1 Å². The molecule has 2 atom stereocenters. The van der Waals surface area contributed by atoms with Crippen LogP contribution in [0, 0.1) is 6.92 Å². The molecule has 0 saturated heterocycles. The number of likely N-dealkylation sites (N-methyl/N-ethyl adjacent to an activating group) is 1. The summed E-state index contributed by atoms with van der Waals surface area (Å²) in [5.41, 5.74) is 2.55. The molecule has 2 nitrogen and oxygen atoms in total. The number of aryl methyl sites for hydroxylation is 1. The lowest BCUT2D eigenvalue weighted by Gasteiger charge is -2.31. The van der Waals surface area contributed by atoms with Gasteiger partial charge in [-0.3, -0.25) is 0 Å². The van der Waals surface area contributed by atoms with Crippen LogP contribution in [0.4, 0.5) is 0 Å². The number of nitrogens with one attached hydrogen (secondary N) is 1. The molecule has 0 amide bonds. The molecule has 0 fully saturated rings. The van der Waals surface area contributed by atoms with Gasteiger partial charge >= 0.3 is 0 Å². The number of rotatable bonds is 5. The van der Waals surface area contributed by atoms with Crippen molar-refractivity contribution in [3.8, 4) is 0 Å². The summed E-state index contributed by atoms with van der Waals surface area (Å²) < 4.78 is 6.29. The van der Waals surface area contributed by atoms with Crippen LogP contribution in [0.3, 0.4) is 0 Å². The summed E-state index contributed by atoms with van der Waals surface area (Å²) in [5.74, 6) is 0. The van der Waals surface area contributed by atoms with Crippen molar-refractivity contribution in [1.29, 1.82) is 0 Å². The molecule has 0 aliphatic carbocycles. The van der Waals surface area contributed by atoms with Gasteiger partial charge in [0.2, 0.25) is 0 Å². The molecule has 1 aromatic carbocycles. The van der Waals surface area contributed by atoms with Crippen LogP contribution in [-0.2, 0) is 4.43 Å². The fourth-order valence-electron chi connectivity index (χ4n) is 1.75. The molecule has 3 heteroatoms. The first-order chi connectivity index (χ1) is 7.83. The van der Waals surface area contributed by atoms with Crippen molar-refractivity contribution in [2.45, 2.75) is 45.6 Å². The molecule has 0 saturated carbocycles. The van der Waals surface area contributed by atoms with E-state index in [0.29, 0.717) is 6.04 Å². The topological polar surface area (TPSA) is 21.3 Å². The van der Waals surface area contributed by atoms with E-state index < -0.39 is 8.32 Å². The van der Waals surface area contributed by atoms with E-state index >= 15 is 0 Å². The molecule has 1 rings (SSSR count). The molecule has 96 valence electrons. The lowest BCUT2D eigenvalue weighted by molar-refractivity contribution is 0.159. The Labute approximate surface area is 107 Å². The molecular weight excluding hydrogens is 226 g/mol. The Bertz CT molecular complexity index is 342. The van der Waals surface area contributed by atoms with Gasteiger partial charge in [0.25, 0.3) is 0 Å². The molecule has 0 bridgehead atoms. The van der Waals surface area contributed by atoms with Crippen LogP contribution in [0.25, 0.3) is 0 Å². The Kier molecular flexibility index (Phi) is 4.92. The second-order valence-electron chi connectivity index (χ2n) is 5.64. The second-order valence-corrected chi connectivity index (χ2v) is 10.1. The molecule has 17 heavy (non-hydrogen) atoms. The number of hydrogen-bond donors (Lipinski definition) is 1. The lowest BCUT2D eigenvalue weighted by Crippen LogP contribution is -2.37. The van der Waals surface area contributed by atoms with Crippen LogP contribution in [-0.4, -0.2) is 21.4 Å². The largest absolute Gasteiger partial charge is 0.409 e. The molecule has 0 heterocycles. The highest BCUT2D eigenvalue weighted by molar-refractivity contribution is 6.69. The highest BCUT2D eigenvalue weighted by Gasteiger charge is 2.25. The first-order valence-corrected chi connectivity index (χ1v) is 9.66. The second kappa shape index (κ2) is 5.80. The first-order valence-electron chi connectivity index (χ1n) is 6.25. The Morgan fingerprint density at radius 1 is 1.12 bits per heavy atom. The van der Waals surface area contributed by atoms with E-state index in [1.54, 1.807) is 0 Å². The van der Waals surface area contributed by atoms with Crippen LogP contribution in [0.2, 0.25) is 19.6 Å². The van der Waals surface area contributed by atoms with Gasteiger partial charge in [-0.25, -0.2) is 0 Å². The third kappa shape index (κ3) is 4.62. The maximum absolute atomic E-state index is 6.29. The molecule has 2 unspecified atom stereocenters. The quantitative estimate of drug-likeness (QED) is 0.809. The number of hydrogen-bond acceptors (Lipinski definition) is 2. The highest BCUT2D eigenvalue weighted by Crippen LogP contribution is 2.25. The van der Waals surface area contributed by atoms with Crippen molar-refractivity contribution >= 4 is 8.32 Å². The standard InChI is InChI=1S/C14H25NOSi/c1-11-7-9-13(10-8-11)14(12(2)15-3)16-17(4,5)6/h7-10,12,14-15H,1-6H3. The van der Waals surface area contributed by atoms with Gasteiger partial charge < -0.3 is 9.74 Å². The maximum Gasteiger partial charge on any atom is 0.184 e. The SMILES string of the molecule is CNC(C)C(O[Si](C)(C)C)c1ccc(C)cc1. The summed E-state index contributed by atoms with van der Waals surface area (Å²) in [7, 11) is 0.450. The normalized spacial score (nSPS) is 15.6. The molecule has 0 aromatic heterocycles. The van der Waals surface area contributed by atoms with Crippen molar-refractivity contribution < 1.29 is 4.43 Å². The third-order valence-electron chi connectivity index (χ3n) is 2.80. The van der Waals surface area contributed by atoms with Crippen molar-refractivity contribution in [3.63, 3.8) is 0 Å².